The Balaban J connectivity index is 2.61. The number of rotatable bonds is 6. The third kappa shape index (κ3) is 4.28. The maximum absolute atomic E-state index is 5.63. The van der Waals surface area contributed by atoms with Gasteiger partial charge in [0.05, 0.1) is 24.0 Å². The average molecular weight is 254 g/mol. The number of ether oxygens (including phenoxy) is 2. The molecule has 94 valence electrons. The van der Waals surface area contributed by atoms with Gasteiger partial charge in [-0.25, -0.2) is 0 Å². The van der Waals surface area contributed by atoms with Crippen LogP contribution in [0, 0.1) is 0 Å². The van der Waals surface area contributed by atoms with Crippen LogP contribution in [-0.2, 0) is 4.74 Å². The third-order valence-electron chi connectivity index (χ3n) is 2.56. The first-order valence-corrected chi connectivity index (χ1v) is 5.79. The number of nitrogens with zero attached hydrogens (tertiary/aromatic N) is 1. The van der Waals surface area contributed by atoms with Crippen molar-refractivity contribution in [3.05, 3.63) is 24.0 Å². The Kier molecular flexibility index (Phi) is 4.84. The van der Waals surface area contributed by atoms with Crippen LogP contribution in [0.5, 0.6) is 5.75 Å². The smallest absolute Gasteiger partial charge is 0.147 e. The molecule has 0 saturated heterocycles. The minimum absolute atomic E-state index is 0.203. The van der Waals surface area contributed by atoms with Gasteiger partial charge in [-0.05, 0) is 19.9 Å². The number of hydrogen-bond acceptors (Lipinski definition) is 4. The molecule has 0 unspecified atom stereocenters. The summed E-state index contributed by atoms with van der Waals surface area (Å²) in [6.07, 6.45) is 4.03. The SMILES string of the molecule is COC(C)(C)CCOc1cnccc1C(N)=S. The van der Waals surface area contributed by atoms with Crippen molar-refractivity contribution in [1.82, 2.24) is 4.98 Å². The largest absolute Gasteiger partial charge is 0.491 e. The molecule has 0 aliphatic rings. The molecule has 1 rings (SSSR count). The van der Waals surface area contributed by atoms with E-state index in [4.69, 9.17) is 27.4 Å². The topological polar surface area (TPSA) is 57.4 Å². The van der Waals surface area contributed by atoms with E-state index in [9.17, 15) is 0 Å². The van der Waals surface area contributed by atoms with Crippen LogP contribution in [0.25, 0.3) is 0 Å². The highest BCUT2D eigenvalue weighted by atomic mass is 32.1. The first-order valence-electron chi connectivity index (χ1n) is 5.38. The lowest BCUT2D eigenvalue weighted by atomic mass is 10.1. The molecule has 1 aromatic heterocycles. The summed E-state index contributed by atoms with van der Waals surface area (Å²) >= 11 is 4.94. The van der Waals surface area contributed by atoms with Crippen LogP contribution in [0.1, 0.15) is 25.8 Å². The normalized spacial score (nSPS) is 11.2. The molecule has 4 nitrogen and oxygen atoms in total. The van der Waals surface area contributed by atoms with Gasteiger partial charge >= 0.3 is 0 Å². The lowest BCUT2D eigenvalue weighted by molar-refractivity contribution is 0.00541. The molecule has 0 radical (unpaired) electrons. The van der Waals surface area contributed by atoms with Crippen LogP contribution in [0.4, 0.5) is 0 Å². The maximum Gasteiger partial charge on any atom is 0.147 e. The highest BCUT2D eigenvalue weighted by Crippen LogP contribution is 2.18. The second-order valence-corrected chi connectivity index (χ2v) is 4.74. The summed E-state index contributed by atoms with van der Waals surface area (Å²) in [4.78, 5) is 4.30. The molecule has 0 atom stereocenters. The third-order valence-corrected chi connectivity index (χ3v) is 2.78. The van der Waals surface area contributed by atoms with Gasteiger partial charge in [0.2, 0.25) is 0 Å². The maximum atomic E-state index is 5.63. The summed E-state index contributed by atoms with van der Waals surface area (Å²) in [6, 6.07) is 1.75. The van der Waals surface area contributed by atoms with Crippen molar-refractivity contribution in [3.8, 4) is 5.75 Å². The minimum Gasteiger partial charge on any atom is -0.491 e. The molecule has 1 heterocycles. The Labute approximate surface area is 107 Å². The molecule has 0 aliphatic heterocycles. The molecule has 1 aromatic rings. The summed E-state index contributed by atoms with van der Waals surface area (Å²) in [7, 11) is 1.69. The van der Waals surface area contributed by atoms with E-state index >= 15 is 0 Å². The Morgan fingerprint density at radius 2 is 2.24 bits per heavy atom. The van der Waals surface area contributed by atoms with Gasteiger partial charge in [0.15, 0.2) is 0 Å². The molecule has 0 spiro atoms. The zero-order valence-electron chi connectivity index (χ0n) is 10.4. The predicted octanol–water partition coefficient (Wildman–Crippen LogP) is 1.91. The number of thiocarbonyl (C=S) groups is 1. The molecular weight excluding hydrogens is 236 g/mol. The highest BCUT2D eigenvalue weighted by molar-refractivity contribution is 7.80. The quantitative estimate of drug-likeness (QED) is 0.786. The predicted molar refractivity (Wildman–Crippen MR) is 71.3 cm³/mol. The molecule has 0 saturated carbocycles. The van der Waals surface area contributed by atoms with Gasteiger partial charge in [-0.1, -0.05) is 12.2 Å². The first-order chi connectivity index (χ1) is 7.96. The highest BCUT2D eigenvalue weighted by Gasteiger charge is 2.16. The Hall–Kier alpha value is -1.20. The van der Waals surface area contributed by atoms with E-state index in [2.05, 4.69) is 4.98 Å². The minimum atomic E-state index is -0.203. The Morgan fingerprint density at radius 3 is 2.82 bits per heavy atom. The molecule has 0 aromatic carbocycles. The summed E-state index contributed by atoms with van der Waals surface area (Å²) < 4.78 is 10.9. The standard InChI is InChI=1S/C12H18N2O2S/c1-12(2,15-3)5-7-16-10-8-14-6-4-9(10)11(13)17/h4,6,8H,5,7H2,1-3H3,(H2,13,17). The van der Waals surface area contributed by atoms with E-state index in [0.29, 0.717) is 22.9 Å². The van der Waals surface area contributed by atoms with E-state index in [1.165, 1.54) is 0 Å². The number of pyridine rings is 1. The fourth-order valence-corrected chi connectivity index (χ4v) is 1.38. The Morgan fingerprint density at radius 1 is 1.53 bits per heavy atom. The fraction of sp³-hybridized carbons (Fsp3) is 0.500. The van der Waals surface area contributed by atoms with Crippen LogP contribution < -0.4 is 10.5 Å². The summed E-state index contributed by atoms with van der Waals surface area (Å²) in [5, 5.41) is 0. The van der Waals surface area contributed by atoms with E-state index in [-0.39, 0.29) is 5.60 Å². The van der Waals surface area contributed by atoms with Crippen molar-refractivity contribution < 1.29 is 9.47 Å². The molecular formula is C12H18N2O2S. The van der Waals surface area contributed by atoms with Crippen molar-refractivity contribution >= 4 is 17.2 Å². The molecule has 0 bridgehead atoms. The van der Waals surface area contributed by atoms with Gasteiger partial charge in [0, 0.05) is 19.7 Å². The van der Waals surface area contributed by atoms with Crippen LogP contribution in [0.3, 0.4) is 0 Å². The van der Waals surface area contributed by atoms with Gasteiger partial charge < -0.3 is 15.2 Å². The van der Waals surface area contributed by atoms with Gasteiger partial charge in [-0.15, -0.1) is 0 Å². The molecule has 2 N–H and O–H groups in total. The molecule has 5 heteroatoms. The van der Waals surface area contributed by atoms with Gasteiger partial charge in [0.25, 0.3) is 0 Å². The molecule has 0 fully saturated rings. The number of aromatic nitrogens is 1. The van der Waals surface area contributed by atoms with Crippen LogP contribution in [-0.4, -0.2) is 29.3 Å². The lowest BCUT2D eigenvalue weighted by Crippen LogP contribution is -2.25. The van der Waals surface area contributed by atoms with Crippen LogP contribution in [0.15, 0.2) is 18.5 Å². The number of nitrogens with two attached hydrogens (primary N) is 1. The Bertz CT molecular complexity index is 394. The van der Waals surface area contributed by atoms with E-state index in [0.717, 1.165) is 6.42 Å². The van der Waals surface area contributed by atoms with Crippen molar-refractivity contribution in [3.63, 3.8) is 0 Å². The second-order valence-electron chi connectivity index (χ2n) is 4.30. The van der Waals surface area contributed by atoms with Crippen molar-refractivity contribution in [1.29, 1.82) is 0 Å². The van der Waals surface area contributed by atoms with E-state index < -0.39 is 0 Å². The monoisotopic (exact) mass is 254 g/mol. The fourth-order valence-electron chi connectivity index (χ4n) is 1.21. The number of methoxy groups -OCH3 is 1. The zero-order valence-corrected chi connectivity index (χ0v) is 11.2. The van der Waals surface area contributed by atoms with Gasteiger partial charge in [-0.3, -0.25) is 4.98 Å². The molecule has 17 heavy (non-hydrogen) atoms. The first kappa shape index (κ1) is 13.9. The van der Waals surface area contributed by atoms with Gasteiger partial charge in [0.1, 0.15) is 10.7 Å². The molecule has 0 aliphatic carbocycles. The second kappa shape index (κ2) is 5.93. The van der Waals surface area contributed by atoms with Crippen molar-refractivity contribution in [2.24, 2.45) is 5.73 Å². The lowest BCUT2D eigenvalue weighted by Gasteiger charge is -2.22. The molecule has 0 amide bonds. The number of hydrogen-bond donors (Lipinski definition) is 1. The average Bonchev–Trinajstić information content (AvgIpc) is 2.29. The summed E-state index contributed by atoms with van der Waals surface area (Å²) in [5.41, 5.74) is 6.11. The van der Waals surface area contributed by atoms with E-state index in [1.54, 1.807) is 25.6 Å². The van der Waals surface area contributed by atoms with E-state index in [1.807, 2.05) is 13.8 Å². The van der Waals surface area contributed by atoms with Crippen molar-refractivity contribution in [2.45, 2.75) is 25.9 Å². The summed E-state index contributed by atoms with van der Waals surface area (Å²) in [5.74, 6) is 0.618. The van der Waals surface area contributed by atoms with Crippen LogP contribution >= 0.6 is 12.2 Å². The van der Waals surface area contributed by atoms with Gasteiger partial charge in [-0.2, -0.15) is 0 Å². The van der Waals surface area contributed by atoms with Crippen molar-refractivity contribution in [2.75, 3.05) is 13.7 Å². The summed E-state index contributed by atoms with van der Waals surface area (Å²) in [6.45, 7) is 4.55. The van der Waals surface area contributed by atoms with Crippen LogP contribution in [0.2, 0.25) is 0 Å². The zero-order chi connectivity index (χ0) is 12.9.